The summed E-state index contributed by atoms with van der Waals surface area (Å²) in [4.78, 5) is 4.37. The number of hydrogen-bond donors (Lipinski definition) is 1. The van der Waals surface area contributed by atoms with Crippen LogP contribution in [0.4, 0.5) is 0 Å². The van der Waals surface area contributed by atoms with E-state index in [1.165, 1.54) is 25.3 Å². The summed E-state index contributed by atoms with van der Waals surface area (Å²) in [5, 5.41) is 8.93. The summed E-state index contributed by atoms with van der Waals surface area (Å²) in [5.41, 5.74) is 2.45. The number of methoxy groups -OCH3 is 1. The third kappa shape index (κ3) is 3.25. The van der Waals surface area contributed by atoms with Crippen molar-refractivity contribution < 1.29 is 13.2 Å². The van der Waals surface area contributed by atoms with E-state index in [9.17, 15) is 8.42 Å². The van der Waals surface area contributed by atoms with Gasteiger partial charge in [-0.15, -0.1) is 0 Å². The predicted octanol–water partition coefficient (Wildman–Crippen LogP) is 1.80. The van der Waals surface area contributed by atoms with Gasteiger partial charge in [0.1, 0.15) is 10.6 Å². The fraction of sp³-hybridized carbons (Fsp3) is 0.294. The number of pyridine rings is 1. The molecule has 0 fully saturated rings. The van der Waals surface area contributed by atoms with E-state index < -0.39 is 10.0 Å². The highest BCUT2D eigenvalue weighted by Crippen LogP contribution is 2.26. The summed E-state index contributed by atoms with van der Waals surface area (Å²) in [6.07, 6.45) is 3.81. The van der Waals surface area contributed by atoms with Crippen LogP contribution in [-0.4, -0.2) is 26.6 Å². The van der Waals surface area contributed by atoms with E-state index in [1.54, 1.807) is 6.20 Å². The molecule has 0 saturated carbocycles. The average Bonchev–Trinajstić information content (AvgIpc) is 2.60. The molecular formula is C17H17N3O3S. The zero-order valence-electron chi connectivity index (χ0n) is 13.2. The lowest BCUT2D eigenvalue weighted by Crippen LogP contribution is -2.39. The lowest BCUT2D eigenvalue weighted by atomic mass is 9.93. The van der Waals surface area contributed by atoms with Crippen LogP contribution in [0, 0.1) is 11.3 Å². The van der Waals surface area contributed by atoms with E-state index >= 15 is 0 Å². The van der Waals surface area contributed by atoms with Crippen LogP contribution in [0.3, 0.4) is 0 Å². The standard InChI is InChI=1S/C17H17N3O3S/c1-23-16-9-12(11-18)4-7-17(16)24(21,22)20-14-5-6-15-13(10-14)3-2-8-19-15/h2-4,7-9,14,20H,5-6,10H2,1H3. The van der Waals surface area contributed by atoms with Gasteiger partial charge in [0.25, 0.3) is 0 Å². The molecule has 24 heavy (non-hydrogen) atoms. The maximum absolute atomic E-state index is 12.7. The molecule has 1 atom stereocenters. The first kappa shape index (κ1) is 16.4. The number of ether oxygens (including phenoxy) is 1. The molecule has 1 aliphatic rings. The maximum atomic E-state index is 12.7. The molecule has 6 nitrogen and oxygen atoms in total. The Bertz CT molecular complexity index is 904. The van der Waals surface area contributed by atoms with Gasteiger partial charge in [-0.05, 0) is 49.1 Å². The lowest BCUT2D eigenvalue weighted by Gasteiger charge is -2.24. The van der Waals surface area contributed by atoms with E-state index in [0.717, 1.165) is 17.7 Å². The van der Waals surface area contributed by atoms with Crippen LogP contribution in [0.5, 0.6) is 5.75 Å². The van der Waals surface area contributed by atoms with Crippen LogP contribution in [0.15, 0.2) is 41.4 Å². The molecule has 1 unspecified atom stereocenters. The number of fused-ring (bicyclic) bond motifs is 1. The Labute approximate surface area is 141 Å². The van der Waals surface area contributed by atoms with Crippen molar-refractivity contribution in [1.29, 1.82) is 5.26 Å². The summed E-state index contributed by atoms with van der Waals surface area (Å²) < 4.78 is 33.3. The van der Waals surface area contributed by atoms with Gasteiger partial charge in [-0.2, -0.15) is 5.26 Å². The summed E-state index contributed by atoms with van der Waals surface area (Å²) in [5.74, 6) is 0.166. The minimum atomic E-state index is -3.73. The van der Waals surface area contributed by atoms with Gasteiger partial charge in [-0.25, -0.2) is 13.1 Å². The minimum Gasteiger partial charge on any atom is -0.495 e. The topological polar surface area (TPSA) is 92.1 Å². The van der Waals surface area contributed by atoms with Gasteiger partial charge in [-0.3, -0.25) is 4.98 Å². The fourth-order valence-electron chi connectivity index (χ4n) is 2.90. The summed E-state index contributed by atoms with van der Waals surface area (Å²) in [7, 11) is -2.35. The summed E-state index contributed by atoms with van der Waals surface area (Å²) in [6, 6.07) is 9.92. The van der Waals surface area contributed by atoms with Crippen molar-refractivity contribution in [3.8, 4) is 11.8 Å². The molecule has 1 aromatic carbocycles. The highest BCUT2D eigenvalue weighted by molar-refractivity contribution is 7.89. The second kappa shape index (κ2) is 6.59. The van der Waals surface area contributed by atoms with Crippen molar-refractivity contribution in [3.63, 3.8) is 0 Å². The quantitative estimate of drug-likeness (QED) is 0.914. The van der Waals surface area contributed by atoms with Crippen molar-refractivity contribution >= 4 is 10.0 Å². The molecule has 7 heteroatoms. The van der Waals surface area contributed by atoms with Gasteiger partial charge in [0.15, 0.2) is 0 Å². The molecule has 1 aliphatic carbocycles. The van der Waals surface area contributed by atoms with Crippen LogP contribution in [0.25, 0.3) is 0 Å². The van der Waals surface area contributed by atoms with Crippen LogP contribution in [0.1, 0.15) is 23.2 Å². The molecule has 1 aromatic heterocycles. The minimum absolute atomic E-state index is 0.0426. The summed E-state index contributed by atoms with van der Waals surface area (Å²) in [6.45, 7) is 0. The molecule has 0 radical (unpaired) electrons. The molecule has 0 bridgehead atoms. The number of hydrogen-bond acceptors (Lipinski definition) is 5. The van der Waals surface area contributed by atoms with E-state index in [4.69, 9.17) is 10.00 Å². The van der Waals surface area contributed by atoms with E-state index in [0.29, 0.717) is 18.4 Å². The maximum Gasteiger partial charge on any atom is 0.244 e. The van der Waals surface area contributed by atoms with Crippen LogP contribution < -0.4 is 9.46 Å². The van der Waals surface area contributed by atoms with Crippen molar-refractivity contribution in [2.75, 3.05) is 7.11 Å². The van der Waals surface area contributed by atoms with Crippen LogP contribution >= 0.6 is 0 Å². The summed E-state index contributed by atoms with van der Waals surface area (Å²) >= 11 is 0. The van der Waals surface area contributed by atoms with Gasteiger partial charge in [-0.1, -0.05) is 6.07 Å². The van der Waals surface area contributed by atoms with Crippen LogP contribution in [-0.2, 0) is 22.9 Å². The number of benzene rings is 1. The number of nitriles is 1. The molecular weight excluding hydrogens is 326 g/mol. The molecule has 1 heterocycles. The fourth-order valence-corrected chi connectivity index (χ4v) is 4.32. The Morgan fingerprint density at radius 3 is 2.96 bits per heavy atom. The number of rotatable bonds is 4. The van der Waals surface area contributed by atoms with Gasteiger partial charge >= 0.3 is 0 Å². The molecule has 0 spiro atoms. The first-order valence-electron chi connectivity index (χ1n) is 7.57. The normalized spacial score (nSPS) is 16.9. The van der Waals surface area contributed by atoms with Gasteiger partial charge in [0.2, 0.25) is 10.0 Å². The first-order chi connectivity index (χ1) is 11.5. The number of sulfonamides is 1. The van der Waals surface area contributed by atoms with Crippen LogP contribution in [0.2, 0.25) is 0 Å². The Morgan fingerprint density at radius 2 is 2.21 bits per heavy atom. The largest absolute Gasteiger partial charge is 0.495 e. The number of aryl methyl sites for hydroxylation is 1. The van der Waals surface area contributed by atoms with Crippen molar-refractivity contribution in [2.45, 2.75) is 30.2 Å². The molecule has 2 aromatic rings. The van der Waals surface area contributed by atoms with Gasteiger partial charge in [0, 0.05) is 17.9 Å². The molecule has 3 rings (SSSR count). The average molecular weight is 343 g/mol. The van der Waals surface area contributed by atoms with Crippen molar-refractivity contribution in [3.05, 3.63) is 53.3 Å². The number of nitrogens with one attached hydrogen (secondary N) is 1. The Hall–Kier alpha value is -2.43. The van der Waals surface area contributed by atoms with Crippen molar-refractivity contribution in [2.24, 2.45) is 0 Å². The van der Waals surface area contributed by atoms with Gasteiger partial charge < -0.3 is 4.74 Å². The van der Waals surface area contributed by atoms with E-state index in [2.05, 4.69) is 9.71 Å². The molecule has 124 valence electrons. The third-order valence-electron chi connectivity index (χ3n) is 4.08. The molecule has 0 aliphatic heterocycles. The second-order valence-corrected chi connectivity index (χ2v) is 7.33. The third-order valence-corrected chi connectivity index (χ3v) is 5.64. The number of aromatic nitrogens is 1. The second-order valence-electron chi connectivity index (χ2n) is 5.65. The lowest BCUT2D eigenvalue weighted by molar-refractivity contribution is 0.401. The highest BCUT2D eigenvalue weighted by atomic mass is 32.2. The Kier molecular flexibility index (Phi) is 4.51. The van der Waals surface area contributed by atoms with E-state index in [-0.39, 0.29) is 16.7 Å². The smallest absolute Gasteiger partial charge is 0.244 e. The zero-order chi connectivity index (χ0) is 17.2. The van der Waals surface area contributed by atoms with E-state index in [1.807, 2.05) is 18.2 Å². The van der Waals surface area contributed by atoms with Crippen molar-refractivity contribution in [1.82, 2.24) is 9.71 Å². The Balaban J connectivity index is 1.84. The molecule has 0 amide bonds. The zero-order valence-corrected chi connectivity index (χ0v) is 14.0. The molecule has 0 saturated heterocycles. The number of nitrogens with zero attached hydrogens (tertiary/aromatic N) is 2. The SMILES string of the molecule is COc1cc(C#N)ccc1S(=O)(=O)NC1CCc2ncccc2C1. The highest BCUT2D eigenvalue weighted by Gasteiger charge is 2.27. The monoisotopic (exact) mass is 343 g/mol. The van der Waals surface area contributed by atoms with Gasteiger partial charge in [0.05, 0.1) is 18.7 Å². The first-order valence-corrected chi connectivity index (χ1v) is 9.05. The molecule has 1 N–H and O–H groups in total. The predicted molar refractivity (Wildman–Crippen MR) is 88.1 cm³/mol. The Morgan fingerprint density at radius 1 is 1.38 bits per heavy atom.